The Balaban J connectivity index is 1.43. The van der Waals surface area contributed by atoms with Crippen molar-refractivity contribution >= 4 is 0 Å². The summed E-state index contributed by atoms with van der Waals surface area (Å²) < 4.78 is 0. The van der Waals surface area contributed by atoms with E-state index in [0.717, 1.165) is 47.3 Å². The largest absolute Gasteiger partial charge is 0.0651 e. The molecule has 0 aromatic carbocycles. The highest BCUT2D eigenvalue weighted by atomic mass is 14.4. The fourth-order valence-corrected chi connectivity index (χ4v) is 8.22. The maximum Gasteiger partial charge on any atom is -0.0380 e. The molecule has 0 heterocycles. The molecule has 0 nitrogen and oxygen atoms in total. The van der Waals surface area contributed by atoms with Gasteiger partial charge in [0.2, 0.25) is 0 Å². The summed E-state index contributed by atoms with van der Waals surface area (Å²) in [6.07, 6.45) is 26.0. The van der Waals surface area contributed by atoms with Crippen molar-refractivity contribution in [2.45, 2.75) is 151 Å². The first-order valence-corrected chi connectivity index (χ1v) is 15.2. The Morgan fingerprint density at radius 3 is 1.91 bits per heavy atom. The maximum absolute atomic E-state index is 2.44. The Labute approximate surface area is 203 Å². The van der Waals surface area contributed by atoms with Crippen LogP contribution >= 0.6 is 0 Å². The van der Waals surface area contributed by atoms with Gasteiger partial charge < -0.3 is 0 Å². The molecule has 3 saturated carbocycles. The minimum Gasteiger partial charge on any atom is -0.0651 e. The summed E-state index contributed by atoms with van der Waals surface area (Å²) in [7, 11) is 0. The summed E-state index contributed by atoms with van der Waals surface area (Å²) in [4.78, 5) is 0. The zero-order valence-corrected chi connectivity index (χ0v) is 23.1. The van der Waals surface area contributed by atoms with Crippen LogP contribution in [0.4, 0.5) is 0 Å². The second-order valence-corrected chi connectivity index (χ2v) is 14.5. The van der Waals surface area contributed by atoms with Crippen LogP contribution < -0.4 is 0 Å². The summed E-state index contributed by atoms with van der Waals surface area (Å²) in [5.74, 6) is 8.37. The van der Waals surface area contributed by atoms with E-state index in [1.807, 2.05) is 0 Å². The third-order valence-corrected chi connectivity index (χ3v) is 10.2. The van der Waals surface area contributed by atoms with Crippen molar-refractivity contribution < 1.29 is 0 Å². The van der Waals surface area contributed by atoms with Gasteiger partial charge in [-0.1, -0.05) is 92.9 Å². The molecular weight excluding hydrogens is 384 g/mol. The predicted molar refractivity (Wildman–Crippen MR) is 143 cm³/mol. The van der Waals surface area contributed by atoms with E-state index in [-0.39, 0.29) is 0 Å². The Kier molecular flexibility index (Phi) is 10.5. The molecule has 0 aromatic rings. The molecule has 0 spiro atoms. The summed E-state index contributed by atoms with van der Waals surface area (Å²) in [5.41, 5.74) is 0.508. The molecule has 0 aliphatic heterocycles. The highest BCUT2D eigenvalue weighted by Crippen LogP contribution is 2.50. The van der Waals surface area contributed by atoms with Crippen LogP contribution in [0.15, 0.2) is 0 Å². The molecule has 0 aromatic heterocycles. The lowest BCUT2D eigenvalue weighted by molar-refractivity contribution is 0.0559. The van der Waals surface area contributed by atoms with Gasteiger partial charge in [0.15, 0.2) is 0 Å². The van der Waals surface area contributed by atoms with Gasteiger partial charge in [-0.3, -0.25) is 0 Å². The Hall–Kier alpha value is 0. The molecule has 5 atom stereocenters. The van der Waals surface area contributed by atoms with E-state index in [9.17, 15) is 0 Å². The normalized spacial score (nSPS) is 35.0. The van der Waals surface area contributed by atoms with Crippen LogP contribution in [0, 0.1) is 52.8 Å². The molecule has 0 saturated heterocycles. The van der Waals surface area contributed by atoms with E-state index in [0.29, 0.717) is 5.41 Å². The van der Waals surface area contributed by atoms with E-state index in [4.69, 9.17) is 0 Å². The summed E-state index contributed by atoms with van der Waals surface area (Å²) >= 11 is 0. The lowest BCUT2D eigenvalue weighted by Gasteiger charge is -2.45. The van der Waals surface area contributed by atoms with Crippen LogP contribution in [0.2, 0.25) is 0 Å². The van der Waals surface area contributed by atoms with Crippen LogP contribution in [-0.2, 0) is 0 Å². The predicted octanol–water partition coefficient (Wildman–Crippen LogP) is 10.7. The molecule has 3 fully saturated rings. The Morgan fingerprint density at radius 2 is 1.28 bits per heavy atom. The number of rotatable bonds is 10. The van der Waals surface area contributed by atoms with E-state index in [2.05, 4.69) is 41.5 Å². The average molecular weight is 445 g/mol. The van der Waals surface area contributed by atoms with Gasteiger partial charge in [-0.25, -0.2) is 0 Å². The first-order chi connectivity index (χ1) is 15.2. The quantitative estimate of drug-likeness (QED) is 0.314. The molecule has 0 bridgehead atoms. The zero-order valence-electron chi connectivity index (χ0n) is 23.1. The van der Waals surface area contributed by atoms with Crippen molar-refractivity contribution in [2.24, 2.45) is 52.8 Å². The molecule has 0 N–H and O–H groups in total. The van der Waals surface area contributed by atoms with E-state index in [1.165, 1.54) is 38.5 Å². The maximum atomic E-state index is 2.44. The molecular formula is C32H60. The molecule has 0 heteroatoms. The van der Waals surface area contributed by atoms with E-state index in [1.54, 1.807) is 70.6 Å². The van der Waals surface area contributed by atoms with Gasteiger partial charge in [0.1, 0.15) is 0 Å². The van der Waals surface area contributed by atoms with Gasteiger partial charge in [-0.15, -0.1) is 0 Å². The van der Waals surface area contributed by atoms with Crippen molar-refractivity contribution in [1.82, 2.24) is 0 Å². The summed E-state index contributed by atoms with van der Waals surface area (Å²) in [6.45, 7) is 14.5. The van der Waals surface area contributed by atoms with Crippen LogP contribution in [0.5, 0.6) is 0 Å². The van der Waals surface area contributed by atoms with Crippen molar-refractivity contribution in [3.63, 3.8) is 0 Å². The van der Waals surface area contributed by atoms with Gasteiger partial charge in [0.25, 0.3) is 0 Å². The van der Waals surface area contributed by atoms with Gasteiger partial charge in [0, 0.05) is 0 Å². The van der Waals surface area contributed by atoms with Crippen molar-refractivity contribution in [3.8, 4) is 0 Å². The summed E-state index contributed by atoms with van der Waals surface area (Å²) in [6, 6.07) is 0. The molecule has 5 unspecified atom stereocenters. The van der Waals surface area contributed by atoms with Crippen molar-refractivity contribution in [3.05, 3.63) is 0 Å². The van der Waals surface area contributed by atoms with Crippen LogP contribution in [0.1, 0.15) is 151 Å². The monoisotopic (exact) mass is 444 g/mol. The third kappa shape index (κ3) is 8.65. The smallest absolute Gasteiger partial charge is 0.0380 e. The SMILES string of the molecule is CCC1CCC(C2CCC3CCC(CCC(CCCC(C)(C)C)CC(C)C)CC3C2)CC1. The molecule has 3 rings (SSSR count). The Bertz CT molecular complexity index is 503. The van der Waals surface area contributed by atoms with Gasteiger partial charge in [-0.05, 0) is 111 Å². The van der Waals surface area contributed by atoms with Crippen LogP contribution in [-0.4, -0.2) is 0 Å². The topological polar surface area (TPSA) is 0 Å². The number of hydrogen-bond donors (Lipinski definition) is 0. The highest BCUT2D eigenvalue weighted by Gasteiger charge is 2.38. The van der Waals surface area contributed by atoms with Gasteiger partial charge >= 0.3 is 0 Å². The lowest BCUT2D eigenvalue weighted by Crippen LogP contribution is -2.34. The first kappa shape index (κ1) is 26.6. The molecule has 3 aliphatic carbocycles. The van der Waals surface area contributed by atoms with Crippen LogP contribution in [0.25, 0.3) is 0 Å². The molecule has 0 radical (unpaired) electrons. The number of hydrogen-bond acceptors (Lipinski definition) is 0. The van der Waals surface area contributed by atoms with E-state index >= 15 is 0 Å². The van der Waals surface area contributed by atoms with Gasteiger partial charge in [-0.2, -0.15) is 0 Å². The summed E-state index contributed by atoms with van der Waals surface area (Å²) in [5, 5.41) is 0. The van der Waals surface area contributed by atoms with Crippen LogP contribution in [0.3, 0.4) is 0 Å². The Morgan fingerprint density at radius 1 is 0.688 bits per heavy atom. The number of fused-ring (bicyclic) bond motifs is 1. The minimum absolute atomic E-state index is 0.508. The average Bonchev–Trinajstić information content (AvgIpc) is 2.75. The molecule has 188 valence electrons. The second-order valence-electron chi connectivity index (χ2n) is 14.5. The van der Waals surface area contributed by atoms with Crippen molar-refractivity contribution in [2.75, 3.05) is 0 Å². The fourth-order valence-electron chi connectivity index (χ4n) is 8.22. The second kappa shape index (κ2) is 12.6. The van der Waals surface area contributed by atoms with Gasteiger partial charge in [0.05, 0.1) is 0 Å². The fraction of sp³-hybridized carbons (Fsp3) is 1.00. The molecule has 3 aliphatic rings. The molecule has 0 amide bonds. The van der Waals surface area contributed by atoms with E-state index < -0.39 is 0 Å². The zero-order chi connectivity index (χ0) is 23.1. The van der Waals surface area contributed by atoms with Crippen molar-refractivity contribution in [1.29, 1.82) is 0 Å². The lowest BCUT2D eigenvalue weighted by atomic mass is 9.60. The minimum atomic E-state index is 0.508. The standard InChI is InChI=1S/C32H60/c1-7-25-12-15-28(16-13-25)30-19-18-29-17-14-27(22-31(29)23-30)11-10-26(21-24(2)3)9-8-20-32(4,5)6/h24-31H,7-23H2,1-6H3. The third-order valence-electron chi connectivity index (χ3n) is 10.2. The first-order valence-electron chi connectivity index (χ1n) is 15.2. The molecule has 32 heavy (non-hydrogen) atoms. The highest BCUT2D eigenvalue weighted by molar-refractivity contribution is 4.89.